The van der Waals surface area contributed by atoms with Crippen LogP contribution in [0.1, 0.15) is 39.9 Å². The fourth-order valence-electron chi connectivity index (χ4n) is 4.19. The molecule has 1 atom stereocenters. The zero-order valence-corrected chi connectivity index (χ0v) is 18.0. The van der Waals surface area contributed by atoms with Crippen LogP contribution in [-0.4, -0.2) is 38.1 Å². The quantitative estimate of drug-likeness (QED) is 0.683. The molecule has 0 bridgehead atoms. The number of piperidine rings is 1. The van der Waals surface area contributed by atoms with Crippen molar-refractivity contribution < 1.29 is 22.7 Å². The maximum Gasteiger partial charge on any atom is 0.417 e. The van der Waals surface area contributed by atoms with Crippen molar-refractivity contribution in [3.63, 3.8) is 0 Å². The number of nitrogens with zero attached hydrogens (tertiary/aromatic N) is 1. The highest BCUT2D eigenvalue weighted by atomic mass is 32.1. The first kappa shape index (κ1) is 22.5. The Bertz CT molecular complexity index is 934. The summed E-state index contributed by atoms with van der Waals surface area (Å²) in [5.41, 5.74) is -0.366. The Morgan fingerprint density at radius 3 is 2.50 bits per heavy atom. The van der Waals surface area contributed by atoms with Gasteiger partial charge in [-0.25, -0.2) is 0 Å². The number of rotatable bonds is 4. The number of likely N-dealkylation sites (tertiary alicyclic amines) is 1. The van der Waals surface area contributed by atoms with Gasteiger partial charge in [-0.3, -0.25) is 4.79 Å². The minimum atomic E-state index is -4.60. The summed E-state index contributed by atoms with van der Waals surface area (Å²) < 4.78 is 45.3. The zero-order valence-electron chi connectivity index (χ0n) is 17.1. The predicted octanol–water partition coefficient (Wildman–Crippen LogP) is 4.66. The van der Waals surface area contributed by atoms with Crippen LogP contribution in [0, 0.1) is 6.92 Å². The lowest BCUT2D eigenvalue weighted by Crippen LogP contribution is -2.55. The maximum absolute atomic E-state index is 13.4. The number of carbonyl (C=O) groups excluding carboxylic acids is 1. The van der Waals surface area contributed by atoms with E-state index in [0.717, 1.165) is 31.0 Å². The topological polar surface area (TPSA) is 41.6 Å². The van der Waals surface area contributed by atoms with Gasteiger partial charge in [-0.05, 0) is 50.6 Å². The van der Waals surface area contributed by atoms with Gasteiger partial charge in [0.15, 0.2) is 0 Å². The van der Waals surface area contributed by atoms with Gasteiger partial charge in [-0.15, -0.1) is 12.6 Å². The first-order valence-corrected chi connectivity index (χ1v) is 10.1. The molecule has 0 aliphatic carbocycles. The van der Waals surface area contributed by atoms with Gasteiger partial charge in [0.25, 0.3) is 5.91 Å². The third-order valence-corrected chi connectivity index (χ3v) is 6.00. The fourth-order valence-corrected chi connectivity index (χ4v) is 4.58. The van der Waals surface area contributed by atoms with Crippen molar-refractivity contribution in [2.45, 2.75) is 36.4 Å². The lowest BCUT2D eigenvalue weighted by molar-refractivity contribution is -0.139. The Balaban J connectivity index is 2.06. The first-order chi connectivity index (χ1) is 14.1. The van der Waals surface area contributed by atoms with Crippen molar-refractivity contribution in [2.75, 3.05) is 27.2 Å². The number of ether oxygens (including phenoxy) is 1. The number of halogens is 3. The molecule has 162 valence electrons. The van der Waals surface area contributed by atoms with Crippen LogP contribution in [0.2, 0.25) is 0 Å². The number of alkyl halides is 3. The van der Waals surface area contributed by atoms with Crippen molar-refractivity contribution in [3.8, 4) is 5.75 Å². The summed E-state index contributed by atoms with van der Waals surface area (Å²) in [5.74, 6) is -0.650. The molecular weight excluding hydrogens is 413 g/mol. The molecule has 0 aromatic heterocycles. The van der Waals surface area contributed by atoms with E-state index in [1.807, 2.05) is 37.4 Å². The summed E-state index contributed by atoms with van der Waals surface area (Å²) in [6, 6.07) is 10.6. The second kappa shape index (κ2) is 8.51. The Kier molecular flexibility index (Phi) is 6.38. The number of amides is 1. The molecule has 8 heteroatoms. The third kappa shape index (κ3) is 4.30. The van der Waals surface area contributed by atoms with Gasteiger partial charge in [0.1, 0.15) is 5.75 Å². The largest absolute Gasteiger partial charge is 0.495 e. The third-order valence-electron chi connectivity index (χ3n) is 5.55. The van der Waals surface area contributed by atoms with Crippen molar-refractivity contribution in [3.05, 3.63) is 58.7 Å². The van der Waals surface area contributed by atoms with Gasteiger partial charge in [0.05, 0.1) is 28.7 Å². The van der Waals surface area contributed by atoms with Crippen LogP contribution in [-0.2, 0) is 11.7 Å². The standard InChI is InChI=1S/C22H25F3N2O2S/c1-14-12-16(22(23,24)25)19(30)18(29-3)17(14)20(28)26-21(10-7-11-27(2)13-21)15-8-5-4-6-9-15/h4-6,8-9,12,30H,7,10-11,13H2,1-3H3,(H,26,28)/t21-/m1/s1. The number of carbonyl (C=O) groups is 1. The molecule has 30 heavy (non-hydrogen) atoms. The molecule has 0 saturated carbocycles. The first-order valence-electron chi connectivity index (χ1n) is 9.63. The lowest BCUT2D eigenvalue weighted by Gasteiger charge is -2.42. The summed E-state index contributed by atoms with van der Waals surface area (Å²) >= 11 is 4.03. The maximum atomic E-state index is 13.4. The minimum Gasteiger partial charge on any atom is -0.495 e. The molecule has 2 aromatic rings. The van der Waals surface area contributed by atoms with E-state index >= 15 is 0 Å². The molecule has 1 fully saturated rings. The number of methoxy groups -OCH3 is 1. The minimum absolute atomic E-state index is 0.0685. The summed E-state index contributed by atoms with van der Waals surface area (Å²) in [5, 5.41) is 3.12. The second-order valence-electron chi connectivity index (χ2n) is 7.74. The van der Waals surface area contributed by atoms with Gasteiger partial charge < -0.3 is 15.0 Å². The van der Waals surface area contributed by atoms with Crippen LogP contribution in [0.25, 0.3) is 0 Å². The normalized spacial score (nSPS) is 20.1. The van der Waals surface area contributed by atoms with Crippen molar-refractivity contribution in [2.24, 2.45) is 0 Å². The number of benzene rings is 2. The number of nitrogens with one attached hydrogen (secondary N) is 1. The van der Waals surface area contributed by atoms with Crippen LogP contribution >= 0.6 is 12.6 Å². The Labute approximate surface area is 179 Å². The average Bonchev–Trinajstić information content (AvgIpc) is 2.68. The SMILES string of the molecule is COc1c(S)c(C(F)(F)F)cc(C)c1C(=O)N[C@]1(c2ccccc2)CCCN(C)C1. The highest BCUT2D eigenvalue weighted by molar-refractivity contribution is 7.80. The Morgan fingerprint density at radius 2 is 1.93 bits per heavy atom. The lowest BCUT2D eigenvalue weighted by atomic mass is 9.82. The van der Waals surface area contributed by atoms with E-state index in [1.54, 1.807) is 0 Å². The second-order valence-corrected chi connectivity index (χ2v) is 8.19. The molecule has 1 aliphatic heterocycles. The predicted molar refractivity (Wildman–Crippen MR) is 112 cm³/mol. The molecule has 4 nitrogen and oxygen atoms in total. The Morgan fingerprint density at radius 1 is 1.27 bits per heavy atom. The number of likely N-dealkylation sites (N-methyl/N-ethyl adjacent to an activating group) is 1. The molecule has 1 amide bonds. The highest BCUT2D eigenvalue weighted by Gasteiger charge is 2.40. The van der Waals surface area contributed by atoms with Gasteiger partial charge >= 0.3 is 6.18 Å². The fraction of sp³-hybridized carbons (Fsp3) is 0.409. The van der Waals surface area contributed by atoms with Crippen LogP contribution in [0.15, 0.2) is 41.3 Å². The van der Waals surface area contributed by atoms with Crippen LogP contribution < -0.4 is 10.1 Å². The smallest absolute Gasteiger partial charge is 0.417 e. The number of thiol groups is 1. The van der Waals surface area contributed by atoms with Crippen LogP contribution in [0.4, 0.5) is 13.2 Å². The molecule has 1 heterocycles. The van der Waals surface area contributed by atoms with E-state index in [0.29, 0.717) is 6.54 Å². The number of hydrogen-bond acceptors (Lipinski definition) is 4. The van der Waals surface area contributed by atoms with E-state index in [-0.39, 0.29) is 16.9 Å². The van der Waals surface area contributed by atoms with E-state index in [1.165, 1.54) is 14.0 Å². The summed E-state index contributed by atoms with van der Waals surface area (Å²) in [7, 11) is 3.23. The van der Waals surface area contributed by atoms with Crippen LogP contribution in [0.3, 0.4) is 0 Å². The van der Waals surface area contributed by atoms with Gasteiger partial charge in [0.2, 0.25) is 0 Å². The van der Waals surface area contributed by atoms with Crippen molar-refractivity contribution in [1.29, 1.82) is 0 Å². The summed E-state index contributed by atoms with van der Waals surface area (Å²) in [6.45, 7) is 2.98. The van der Waals surface area contributed by atoms with Gasteiger partial charge in [0, 0.05) is 6.54 Å². The van der Waals surface area contributed by atoms with Crippen molar-refractivity contribution >= 4 is 18.5 Å². The molecular formula is C22H25F3N2O2S. The molecule has 2 aromatic carbocycles. The Hall–Kier alpha value is -2.19. The van der Waals surface area contributed by atoms with E-state index in [9.17, 15) is 18.0 Å². The molecule has 0 unspecified atom stereocenters. The molecule has 3 rings (SSSR count). The van der Waals surface area contributed by atoms with Gasteiger partial charge in [-0.1, -0.05) is 30.3 Å². The highest BCUT2D eigenvalue weighted by Crippen LogP contribution is 2.42. The molecule has 1 N–H and O–H groups in total. The monoisotopic (exact) mass is 438 g/mol. The average molecular weight is 439 g/mol. The summed E-state index contributed by atoms with van der Waals surface area (Å²) in [6.07, 6.45) is -2.99. The number of aryl methyl sites for hydroxylation is 1. The van der Waals surface area contributed by atoms with E-state index in [2.05, 4.69) is 22.8 Å². The van der Waals surface area contributed by atoms with Gasteiger partial charge in [-0.2, -0.15) is 13.2 Å². The van der Waals surface area contributed by atoms with Crippen molar-refractivity contribution in [1.82, 2.24) is 10.2 Å². The zero-order chi connectivity index (χ0) is 22.1. The molecule has 0 spiro atoms. The number of hydrogen-bond donors (Lipinski definition) is 2. The van der Waals surface area contributed by atoms with Crippen LogP contribution in [0.5, 0.6) is 5.75 Å². The molecule has 1 saturated heterocycles. The summed E-state index contributed by atoms with van der Waals surface area (Å²) in [4.78, 5) is 15.1. The molecule has 1 aliphatic rings. The van der Waals surface area contributed by atoms with E-state index in [4.69, 9.17) is 4.74 Å². The van der Waals surface area contributed by atoms with E-state index < -0.39 is 28.1 Å². The molecule has 0 radical (unpaired) electrons.